The molecule has 1 N–H and O–H groups in total. The maximum absolute atomic E-state index is 12.4. The highest BCUT2D eigenvalue weighted by Crippen LogP contribution is 2.20. The molecule has 26 heavy (non-hydrogen) atoms. The molecule has 1 fully saturated rings. The van der Waals surface area contributed by atoms with Crippen LogP contribution < -0.4 is 4.74 Å². The summed E-state index contributed by atoms with van der Waals surface area (Å²) in [5.74, 6) is 1.94. The fraction of sp³-hybridized carbons (Fsp3) is 0.600. The highest BCUT2D eigenvalue weighted by Gasteiger charge is 2.20. The van der Waals surface area contributed by atoms with Crippen LogP contribution in [0.4, 0.5) is 0 Å². The third kappa shape index (κ3) is 4.55. The van der Waals surface area contributed by atoms with E-state index in [1.54, 1.807) is 7.11 Å². The van der Waals surface area contributed by atoms with Crippen LogP contribution in [-0.2, 0) is 11.2 Å². The zero-order valence-electron chi connectivity index (χ0n) is 16.1. The summed E-state index contributed by atoms with van der Waals surface area (Å²) < 4.78 is 5.24. The Labute approximate surface area is 155 Å². The number of likely N-dealkylation sites (N-methyl/N-ethyl adjacent to an activating group) is 1. The predicted molar refractivity (Wildman–Crippen MR) is 103 cm³/mol. The first kappa shape index (κ1) is 18.7. The Kier molecular flexibility index (Phi) is 6.14. The summed E-state index contributed by atoms with van der Waals surface area (Å²) in [7, 11) is 5.72. The summed E-state index contributed by atoms with van der Waals surface area (Å²) in [6, 6.07) is 6.36. The van der Waals surface area contributed by atoms with Crippen LogP contribution in [0.3, 0.4) is 0 Å². The van der Waals surface area contributed by atoms with E-state index in [1.165, 1.54) is 19.3 Å². The minimum atomic E-state index is 0.224. The van der Waals surface area contributed by atoms with Crippen LogP contribution in [0.2, 0.25) is 0 Å². The topological polar surface area (TPSA) is 61.5 Å². The van der Waals surface area contributed by atoms with E-state index in [0.717, 1.165) is 42.0 Å². The summed E-state index contributed by atoms with van der Waals surface area (Å²) in [6.45, 7) is 1.84. The third-order valence-corrected chi connectivity index (χ3v) is 5.46. The van der Waals surface area contributed by atoms with E-state index in [9.17, 15) is 4.79 Å². The lowest BCUT2D eigenvalue weighted by atomic mass is 9.98. The largest absolute Gasteiger partial charge is 0.497 e. The zero-order valence-corrected chi connectivity index (χ0v) is 16.1. The van der Waals surface area contributed by atoms with Gasteiger partial charge in [-0.1, -0.05) is 6.42 Å². The van der Waals surface area contributed by atoms with Crippen molar-refractivity contribution >= 4 is 16.9 Å². The highest BCUT2D eigenvalue weighted by atomic mass is 16.5. The highest BCUT2D eigenvalue weighted by molar-refractivity contribution is 5.77. The van der Waals surface area contributed by atoms with Gasteiger partial charge in [-0.15, -0.1) is 0 Å². The van der Waals surface area contributed by atoms with Crippen LogP contribution in [0, 0.1) is 0 Å². The lowest BCUT2D eigenvalue weighted by molar-refractivity contribution is -0.130. The lowest BCUT2D eigenvalue weighted by Crippen LogP contribution is -2.37. The number of amides is 1. The molecule has 0 unspecified atom stereocenters. The number of nitrogens with one attached hydrogen (secondary N) is 1. The first-order valence-electron chi connectivity index (χ1n) is 9.53. The number of fused-ring (bicyclic) bond motifs is 1. The van der Waals surface area contributed by atoms with Gasteiger partial charge < -0.3 is 19.5 Å². The number of aromatic nitrogens is 2. The second kappa shape index (κ2) is 8.54. The average molecular weight is 358 g/mol. The second-order valence-corrected chi connectivity index (χ2v) is 7.30. The summed E-state index contributed by atoms with van der Waals surface area (Å²) in [6.07, 6.45) is 6.10. The Hall–Kier alpha value is -2.08. The van der Waals surface area contributed by atoms with E-state index < -0.39 is 0 Å². The number of benzene rings is 1. The van der Waals surface area contributed by atoms with Crippen LogP contribution in [-0.4, -0.2) is 66.0 Å². The molecular formula is C20H30N4O2. The van der Waals surface area contributed by atoms with E-state index in [0.29, 0.717) is 19.0 Å². The van der Waals surface area contributed by atoms with Gasteiger partial charge in [0, 0.05) is 38.5 Å². The molecule has 1 atom stereocenters. The first-order chi connectivity index (χ1) is 12.6. The molecule has 0 saturated carbocycles. The molecule has 6 heteroatoms. The second-order valence-electron chi connectivity index (χ2n) is 7.30. The number of hydrogen-bond acceptors (Lipinski definition) is 4. The number of nitrogens with zero attached hydrogens (tertiary/aromatic N) is 3. The standard InChI is InChI=1S/C20H30N4O2/c1-23-12-5-4-6-15(23)7-10-20(25)24(2)13-11-19-21-17-9-8-16(26-3)14-18(17)22-19/h8-9,14-15H,4-7,10-13H2,1-3H3,(H,21,22)/t15-/m1/s1. The summed E-state index contributed by atoms with van der Waals surface area (Å²) in [5.41, 5.74) is 1.89. The predicted octanol–water partition coefficient (Wildman–Crippen LogP) is 2.84. The molecule has 2 aromatic rings. The fourth-order valence-corrected chi connectivity index (χ4v) is 3.68. The van der Waals surface area contributed by atoms with Gasteiger partial charge >= 0.3 is 0 Å². The number of methoxy groups -OCH3 is 1. The van der Waals surface area contributed by atoms with Crippen molar-refractivity contribution in [2.24, 2.45) is 0 Å². The van der Waals surface area contributed by atoms with Gasteiger partial charge in [0.15, 0.2) is 0 Å². The van der Waals surface area contributed by atoms with Crippen LogP contribution >= 0.6 is 0 Å². The van der Waals surface area contributed by atoms with Gasteiger partial charge in [-0.2, -0.15) is 0 Å². The molecular weight excluding hydrogens is 328 g/mol. The first-order valence-corrected chi connectivity index (χ1v) is 9.53. The Bertz CT molecular complexity index is 742. The molecule has 1 amide bonds. The Balaban J connectivity index is 1.48. The van der Waals surface area contributed by atoms with Crippen LogP contribution in [0.5, 0.6) is 5.75 Å². The molecule has 142 valence electrons. The normalized spacial score (nSPS) is 18.2. The van der Waals surface area contributed by atoms with Gasteiger partial charge in [0.05, 0.1) is 18.1 Å². The maximum Gasteiger partial charge on any atom is 0.222 e. The minimum Gasteiger partial charge on any atom is -0.497 e. The van der Waals surface area contributed by atoms with Crippen molar-refractivity contribution in [3.8, 4) is 5.75 Å². The van der Waals surface area contributed by atoms with Crippen molar-refractivity contribution in [2.45, 2.75) is 44.6 Å². The number of H-pyrrole nitrogens is 1. The van der Waals surface area contributed by atoms with Gasteiger partial charge in [0.25, 0.3) is 0 Å². The van der Waals surface area contributed by atoms with Crippen molar-refractivity contribution in [2.75, 3.05) is 34.3 Å². The molecule has 1 saturated heterocycles. The molecule has 1 aromatic carbocycles. The summed E-state index contributed by atoms with van der Waals surface area (Å²) in [4.78, 5) is 24.6. The van der Waals surface area contributed by atoms with Crippen molar-refractivity contribution < 1.29 is 9.53 Å². The molecule has 6 nitrogen and oxygen atoms in total. The van der Waals surface area contributed by atoms with E-state index in [4.69, 9.17) is 4.74 Å². The maximum atomic E-state index is 12.4. The Morgan fingerprint density at radius 1 is 1.42 bits per heavy atom. The number of imidazole rings is 1. The third-order valence-electron chi connectivity index (χ3n) is 5.46. The van der Waals surface area contributed by atoms with Gasteiger partial charge in [0.2, 0.25) is 5.91 Å². The van der Waals surface area contributed by atoms with Crippen LogP contribution in [0.1, 0.15) is 37.9 Å². The zero-order chi connectivity index (χ0) is 18.5. The number of carbonyl (C=O) groups is 1. The van der Waals surface area contributed by atoms with Crippen molar-refractivity contribution in [3.63, 3.8) is 0 Å². The Morgan fingerprint density at radius 3 is 3.04 bits per heavy atom. The van der Waals surface area contributed by atoms with Crippen molar-refractivity contribution in [1.29, 1.82) is 0 Å². The smallest absolute Gasteiger partial charge is 0.222 e. The molecule has 0 radical (unpaired) electrons. The molecule has 2 heterocycles. The quantitative estimate of drug-likeness (QED) is 0.827. The lowest BCUT2D eigenvalue weighted by Gasteiger charge is -2.32. The van der Waals surface area contributed by atoms with E-state index in [-0.39, 0.29) is 5.91 Å². The van der Waals surface area contributed by atoms with Crippen LogP contribution in [0.15, 0.2) is 18.2 Å². The fourth-order valence-electron chi connectivity index (χ4n) is 3.68. The van der Waals surface area contributed by atoms with E-state index in [2.05, 4.69) is 21.9 Å². The van der Waals surface area contributed by atoms with Gasteiger partial charge in [-0.3, -0.25) is 4.79 Å². The SMILES string of the molecule is COc1ccc2nc(CCN(C)C(=O)CC[C@H]3CCCCN3C)[nH]c2c1. The average Bonchev–Trinajstić information content (AvgIpc) is 3.07. The molecule has 0 bridgehead atoms. The molecule has 1 aliphatic heterocycles. The number of ether oxygens (including phenoxy) is 1. The van der Waals surface area contributed by atoms with Crippen molar-refractivity contribution in [1.82, 2.24) is 19.8 Å². The van der Waals surface area contributed by atoms with Crippen molar-refractivity contribution in [3.05, 3.63) is 24.0 Å². The molecule has 1 aliphatic rings. The van der Waals surface area contributed by atoms with E-state index >= 15 is 0 Å². The number of rotatable bonds is 7. The number of piperidine rings is 1. The summed E-state index contributed by atoms with van der Waals surface area (Å²) >= 11 is 0. The summed E-state index contributed by atoms with van der Waals surface area (Å²) in [5, 5.41) is 0. The molecule has 0 aliphatic carbocycles. The number of aromatic amines is 1. The van der Waals surface area contributed by atoms with Gasteiger partial charge in [0.1, 0.15) is 11.6 Å². The molecule has 1 aromatic heterocycles. The number of likely N-dealkylation sites (tertiary alicyclic amines) is 1. The molecule has 0 spiro atoms. The number of hydrogen-bond donors (Lipinski definition) is 1. The van der Waals surface area contributed by atoms with Crippen LogP contribution in [0.25, 0.3) is 11.0 Å². The minimum absolute atomic E-state index is 0.224. The van der Waals surface area contributed by atoms with Gasteiger partial charge in [-0.05, 0) is 45.0 Å². The van der Waals surface area contributed by atoms with Gasteiger partial charge in [-0.25, -0.2) is 4.98 Å². The molecule has 3 rings (SSSR count). The Morgan fingerprint density at radius 2 is 2.27 bits per heavy atom. The number of carbonyl (C=O) groups excluding carboxylic acids is 1. The van der Waals surface area contributed by atoms with E-state index in [1.807, 2.05) is 30.1 Å². The monoisotopic (exact) mass is 358 g/mol.